The van der Waals surface area contributed by atoms with Gasteiger partial charge in [-0.3, -0.25) is 4.79 Å². The van der Waals surface area contributed by atoms with Crippen molar-refractivity contribution in [3.8, 4) is 0 Å². The third-order valence-corrected chi connectivity index (χ3v) is 2.78. The number of anilines is 1. The second kappa shape index (κ2) is 6.16. The molecule has 1 amide bonds. The van der Waals surface area contributed by atoms with E-state index in [9.17, 15) is 9.18 Å². The van der Waals surface area contributed by atoms with Crippen LogP contribution in [0.4, 0.5) is 10.1 Å². The minimum atomic E-state index is -0.892. The Hall–Kier alpha value is -2.13. The van der Waals surface area contributed by atoms with Crippen LogP contribution in [-0.2, 0) is 4.79 Å². The molecule has 0 aliphatic heterocycles. The van der Waals surface area contributed by atoms with E-state index in [4.69, 9.17) is 11.6 Å². The van der Waals surface area contributed by atoms with Crippen LogP contribution in [0.3, 0.4) is 0 Å². The van der Waals surface area contributed by atoms with E-state index in [1.165, 1.54) is 0 Å². The van der Waals surface area contributed by atoms with E-state index >= 15 is 0 Å². The molecular formula is C15H11ClFNO. The molecule has 0 atom stereocenters. The van der Waals surface area contributed by atoms with Crippen LogP contribution < -0.4 is 5.32 Å². The topological polar surface area (TPSA) is 29.1 Å². The number of benzene rings is 2. The third kappa shape index (κ3) is 3.66. The predicted molar refractivity (Wildman–Crippen MR) is 75.6 cm³/mol. The van der Waals surface area contributed by atoms with Crippen LogP contribution in [0.5, 0.6) is 0 Å². The van der Waals surface area contributed by atoms with Crippen LogP contribution in [0, 0.1) is 0 Å². The lowest BCUT2D eigenvalue weighted by Gasteiger charge is -2.03. The molecule has 2 aromatic rings. The fraction of sp³-hybridized carbons (Fsp3) is 0. The van der Waals surface area contributed by atoms with Crippen LogP contribution >= 0.6 is 11.6 Å². The molecule has 0 fully saturated rings. The van der Waals surface area contributed by atoms with Crippen molar-refractivity contribution in [2.75, 3.05) is 5.32 Å². The molecule has 2 nitrogen and oxygen atoms in total. The first kappa shape index (κ1) is 13.3. The molecule has 19 heavy (non-hydrogen) atoms. The fourth-order valence-electron chi connectivity index (χ4n) is 1.51. The summed E-state index contributed by atoms with van der Waals surface area (Å²) in [6.45, 7) is 0. The van der Waals surface area contributed by atoms with Crippen molar-refractivity contribution in [1.82, 2.24) is 0 Å². The van der Waals surface area contributed by atoms with Crippen LogP contribution in [0.25, 0.3) is 6.08 Å². The molecule has 0 aliphatic rings. The molecule has 1 N–H and O–H groups in total. The number of hydrogen-bond acceptors (Lipinski definition) is 1. The number of amides is 1. The van der Waals surface area contributed by atoms with Crippen molar-refractivity contribution in [3.63, 3.8) is 0 Å². The molecule has 0 radical (unpaired) electrons. The van der Waals surface area contributed by atoms with Gasteiger partial charge in [0.25, 0.3) is 5.91 Å². The maximum atomic E-state index is 13.7. The summed E-state index contributed by atoms with van der Waals surface area (Å²) in [5.41, 5.74) is 1.00. The number of carbonyl (C=O) groups excluding carboxylic acids is 1. The minimum Gasteiger partial charge on any atom is -0.320 e. The Kier molecular flexibility index (Phi) is 4.31. The first-order valence-electron chi connectivity index (χ1n) is 5.65. The smallest absolute Gasteiger partial charge is 0.284 e. The summed E-state index contributed by atoms with van der Waals surface area (Å²) < 4.78 is 13.7. The zero-order chi connectivity index (χ0) is 13.7. The van der Waals surface area contributed by atoms with E-state index in [0.29, 0.717) is 16.3 Å². The highest BCUT2D eigenvalue weighted by Crippen LogP contribution is 2.19. The van der Waals surface area contributed by atoms with Crippen LogP contribution in [0.1, 0.15) is 5.56 Å². The Balaban J connectivity index is 2.14. The summed E-state index contributed by atoms with van der Waals surface area (Å²) in [4.78, 5) is 11.6. The number of carbonyl (C=O) groups is 1. The molecule has 4 heteroatoms. The molecule has 0 aromatic heterocycles. The molecule has 0 aliphatic carbocycles. The van der Waals surface area contributed by atoms with Crippen LogP contribution in [0.2, 0.25) is 5.02 Å². The third-order valence-electron chi connectivity index (χ3n) is 2.44. The van der Waals surface area contributed by atoms with Crippen molar-refractivity contribution in [2.45, 2.75) is 0 Å². The van der Waals surface area contributed by atoms with Gasteiger partial charge in [-0.05, 0) is 29.8 Å². The van der Waals surface area contributed by atoms with E-state index in [2.05, 4.69) is 5.32 Å². The number of nitrogens with one attached hydrogen (secondary N) is 1. The Labute approximate surface area is 115 Å². The SMILES string of the molecule is O=C(Nc1ccccc1)/C(F)=C/c1ccccc1Cl. The second-order valence-electron chi connectivity index (χ2n) is 3.83. The standard InChI is InChI=1S/C15H11ClFNO/c16-13-9-5-4-6-11(13)10-14(17)15(19)18-12-7-2-1-3-8-12/h1-10H,(H,18,19)/b14-10-. The lowest BCUT2D eigenvalue weighted by Crippen LogP contribution is -2.11. The summed E-state index contributed by atoms with van der Waals surface area (Å²) in [7, 11) is 0. The minimum absolute atomic E-state index is 0.394. The summed E-state index contributed by atoms with van der Waals surface area (Å²) in [6.07, 6.45) is 1.11. The molecule has 0 bridgehead atoms. The second-order valence-corrected chi connectivity index (χ2v) is 4.24. The highest BCUT2D eigenvalue weighted by molar-refractivity contribution is 6.32. The largest absolute Gasteiger partial charge is 0.320 e. The molecule has 0 spiro atoms. The molecule has 96 valence electrons. The number of rotatable bonds is 3. The first-order valence-corrected chi connectivity index (χ1v) is 6.03. The first-order chi connectivity index (χ1) is 9.16. The van der Waals surface area contributed by atoms with Crippen molar-refractivity contribution >= 4 is 29.3 Å². The number of halogens is 2. The Bertz CT molecular complexity index is 611. The maximum Gasteiger partial charge on any atom is 0.284 e. The van der Waals surface area contributed by atoms with Crippen molar-refractivity contribution in [3.05, 3.63) is 71.0 Å². The summed E-state index contributed by atoms with van der Waals surface area (Å²) in [5, 5.41) is 2.85. The summed E-state index contributed by atoms with van der Waals surface area (Å²) >= 11 is 5.89. The molecule has 0 unspecified atom stereocenters. The van der Waals surface area contributed by atoms with E-state index in [0.717, 1.165) is 6.08 Å². The van der Waals surface area contributed by atoms with Gasteiger partial charge in [0, 0.05) is 10.7 Å². The van der Waals surface area contributed by atoms with Crippen molar-refractivity contribution in [2.24, 2.45) is 0 Å². The molecule has 0 heterocycles. The Morgan fingerprint density at radius 3 is 2.37 bits per heavy atom. The van der Waals surface area contributed by atoms with Crippen molar-refractivity contribution in [1.29, 1.82) is 0 Å². The number of hydrogen-bond donors (Lipinski definition) is 1. The fourth-order valence-corrected chi connectivity index (χ4v) is 1.70. The van der Waals surface area contributed by atoms with E-state index in [1.54, 1.807) is 48.5 Å². The lowest BCUT2D eigenvalue weighted by molar-refractivity contribution is -0.114. The predicted octanol–water partition coefficient (Wildman–Crippen LogP) is 4.29. The molecular weight excluding hydrogens is 265 g/mol. The molecule has 2 rings (SSSR count). The Morgan fingerprint density at radius 2 is 1.68 bits per heavy atom. The van der Waals surface area contributed by atoms with Gasteiger partial charge in [0.05, 0.1) is 0 Å². The molecule has 2 aromatic carbocycles. The average molecular weight is 276 g/mol. The van der Waals surface area contributed by atoms with Gasteiger partial charge in [-0.2, -0.15) is 0 Å². The van der Waals surface area contributed by atoms with E-state index < -0.39 is 11.7 Å². The summed E-state index contributed by atoms with van der Waals surface area (Å²) in [6, 6.07) is 15.4. The monoisotopic (exact) mass is 275 g/mol. The maximum absolute atomic E-state index is 13.7. The van der Waals surface area contributed by atoms with Crippen LogP contribution in [-0.4, -0.2) is 5.91 Å². The highest BCUT2D eigenvalue weighted by Gasteiger charge is 2.09. The van der Waals surface area contributed by atoms with Gasteiger partial charge >= 0.3 is 0 Å². The van der Waals surface area contributed by atoms with Crippen LogP contribution in [0.15, 0.2) is 60.4 Å². The zero-order valence-electron chi connectivity index (χ0n) is 9.94. The van der Waals surface area contributed by atoms with Gasteiger partial charge in [-0.1, -0.05) is 48.0 Å². The zero-order valence-corrected chi connectivity index (χ0v) is 10.7. The average Bonchev–Trinajstić information content (AvgIpc) is 2.42. The van der Waals surface area contributed by atoms with Gasteiger partial charge < -0.3 is 5.32 Å². The van der Waals surface area contributed by atoms with Gasteiger partial charge in [0.1, 0.15) is 0 Å². The quantitative estimate of drug-likeness (QED) is 0.832. The Morgan fingerprint density at radius 1 is 1.05 bits per heavy atom. The van der Waals surface area contributed by atoms with E-state index in [-0.39, 0.29) is 0 Å². The van der Waals surface area contributed by atoms with E-state index in [1.807, 2.05) is 6.07 Å². The van der Waals surface area contributed by atoms with Gasteiger partial charge in [-0.25, -0.2) is 4.39 Å². The van der Waals surface area contributed by atoms with Gasteiger partial charge in [-0.15, -0.1) is 0 Å². The highest BCUT2D eigenvalue weighted by atomic mass is 35.5. The molecule has 0 saturated carbocycles. The van der Waals surface area contributed by atoms with Gasteiger partial charge in [0.15, 0.2) is 5.83 Å². The number of para-hydroxylation sites is 1. The normalized spacial score (nSPS) is 11.2. The van der Waals surface area contributed by atoms with Gasteiger partial charge in [0.2, 0.25) is 0 Å². The van der Waals surface area contributed by atoms with Crippen molar-refractivity contribution < 1.29 is 9.18 Å². The lowest BCUT2D eigenvalue weighted by atomic mass is 10.2. The summed E-state index contributed by atoms with van der Waals surface area (Å²) in [5.74, 6) is -1.69. The molecule has 0 saturated heterocycles.